The van der Waals surface area contributed by atoms with Crippen LogP contribution in [0.2, 0.25) is 0 Å². The van der Waals surface area contributed by atoms with Crippen LogP contribution in [-0.4, -0.2) is 65.2 Å². The van der Waals surface area contributed by atoms with E-state index in [1.165, 1.54) is 43.0 Å². The Labute approximate surface area is 160 Å². The van der Waals surface area contributed by atoms with Gasteiger partial charge in [0.1, 0.15) is 0 Å². The Balaban J connectivity index is 1.51. The van der Waals surface area contributed by atoms with Crippen molar-refractivity contribution in [2.75, 3.05) is 43.4 Å². The van der Waals surface area contributed by atoms with Crippen molar-refractivity contribution in [3.8, 4) is 0 Å². The Hall–Kier alpha value is -0.650. The second kappa shape index (κ2) is 10.5. The van der Waals surface area contributed by atoms with E-state index in [0.717, 1.165) is 31.0 Å². The van der Waals surface area contributed by atoms with Crippen LogP contribution in [0.25, 0.3) is 0 Å². The minimum atomic E-state index is 0.355. The zero-order valence-electron chi connectivity index (χ0n) is 15.1. The number of carbonyl (C=O) groups excluding carboxylic acids is 1. The lowest BCUT2D eigenvalue weighted by Crippen LogP contribution is -2.49. The van der Waals surface area contributed by atoms with E-state index in [4.69, 9.17) is 0 Å². The van der Waals surface area contributed by atoms with Crippen molar-refractivity contribution in [2.45, 2.75) is 43.0 Å². The number of nitrogens with zero attached hydrogens (tertiary/aromatic N) is 2. The van der Waals surface area contributed by atoms with Crippen LogP contribution in [0.4, 0.5) is 0 Å². The minimum Gasteiger partial charge on any atom is -0.338 e. The molecule has 0 aliphatic carbocycles. The lowest BCUT2D eigenvalue weighted by Gasteiger charge is -2.35. The van der Waals surface area contributed by atoms with Crippen LogP contribution < -0.4 is 0 Å². The van der Waals surface area contributed by atoms with Crippen molar-refractivity contribution >= 4 is 29.4 Å². The topological polar surface area (TPSA) is 23.6 Å². The number of amides is 1. The largest absolute Gasteiger partial charge is 0.338 e. The first-order valence-electron chi connectivity index (χ1n) is 9.60. The summed E-state index contributed by atoms with van der Waals surface area (Å²) in [4.78, 5) is 18.9. The first kappa shape index (κ1) is 19.1. The van der Waals surface area contributed by atoms with E-state index >= 15 is 0 Å². The first-order valence-corrected chi connectivity index (χ1v) is 11.7. The van der Waals surface area contributed by atoms with E-state index in [2.05, 4.69) is 34.1 Å². The summed E-state index contributed by atoms with van der Waals surface area (Å²) in [5.74, 6) is 3.53. The van der Waals surface area contributed by atoms with Crippen LogP contribution >= 0.6 is 23.5 Å². The molecule has 2 aliphatic heterocycles. The van der Waals surface area contributed by atoms with Gasteiger partial charge in [-0.15, -0.1) is 11.8 Å². The highest BCUT2D eigenvalue weighted by Crippen LogP contribution is 2.22. The molecule has 3 rings (SSSR count). The molecule has 1 aromatic rings. The average molecular weight is 379 g/mol. The summed E-state index contributed by atoms with van der Waals surface area (Å²) in [6, 6.07) is 10.8. The second-order valence-corrected chi connectivity index (χ2v) is 9.26. The van der Waals surface area contributed by atoms with Gasteiger partial charge in [-0.25, -0.2) is 0 Å². The van der Waals surface area contributed by atoms with Gasteiger partial charge in [0.25, 0.3) is 0 Å². The summed E-state index contributed by atoms with van der Waals surface area (Å²) >= 11 is 3.82. The molecule has 1 aromatic carbocycles. The van der Waals surface area contributed by atoms with E-state index in [1.807, 2.05) is 17.8 Å². The maximum absolute atomic E-state index is 12.9. The molecule has 2 heterocycles. The number of piperidine rings is 1. The summed E-state index contributed by atoms with van der Waals surface area (Å²) in [7, 11) is 0. The summed E-state index contributed by atoms with van der Waals surface area (Å²) in [6.45, 7) is 4.45. The first-order chi connectivity index (χ1) is 12.3. The molecule has 2 fully saturated rings. The fraction of sp³-hybridized carbons (Fsp3) is 0.650. The normalized spacial score (nSPS) is 22.6. The molecule has 1 amide bonds. The maximum Gasteiger partial charge on any atom is 0.223 e. The third-order valence-corrected chi connectivity index (χ3v) is 7.22. The van der Waals surface area contributed by atoms with Gasteiger partial charge in [-0.3, -0.25) is 4.79 Å². The predicted octanol–water partition coefficient (Wildman–Crippen LogP) is 3.99. The fourth-order valence-corrected chi connectivity index (χ4v) is 5.58. The molecule has 1 atom stereocenters. The van der Waals surface area contributed by atoms with Crippen LogP contribution in [-0.2, 0) is 4.79 Å². The molecule has 0 spiro atoms. The Morgan fingerprint density at radius 2 is 1.88 bits per heavy atom. The summed E-state index contributed by atoms with van der Waals surface area (Å²) in [6.07, 6.45) is 5.80. The van der Waals surface area contributed by atoms with Gasteiger partial charge in [0.15, 0.2) is 0 Å². The highest BCUT2D eigenvalue weighted by molar-refractivity contribution is 7.99. The molecule has 0 bridgehead atoms. The molecule has 3 nitrogen and oxygen atoms in total. The molecule has 1 unspecified atom stereocenters. The van der Waals surface area contributed by atoms with Gasteiger partial charge in [-0.05, 0) is 50.2 Å². The third-order valence-electron chi connectivity index (χ3n) is 5.00. The van der Waals surface area contributed by atoms with Gasteiger partial charge in [0.05, 0.1) is 6.04 Å². The molecule has 0 N–H and O–H groups in total. The Morgan fingerprint density at radius 3 is 2.68 bits per heavy atom. The fourth-order valence-electron chi connectivity index (χ4n) is 3.67. The van der Waals surface area contributed by atoms with Crippen LogP contribution in [0.5, 0.6) is 0 Å². The van der Waals surface area contributed by atoms with Crippen LogP contribution in [0.3, 0.4) is 0 Å². The number of hydrogen-bond donors (Lipinski definition) is 0. The van der Waals surface area contributed by atoms with Crippen molar-refractivity contribution in [3.63, 3.8) is 0 Å². The number of rotatable bonds is 6. The van der Waals surface area contributed by atoms with E-state index in [1.54, 1.807) is 11.8 Å². The average Bonchev–Trinajstić information content (AvgIpc) is 2.89. The van der Waals surface area contributed by atoms with E-state index in [-0.39, 0.29) is 0 Å². The Bertz CT molecular complexity index is 520. The van der Waals surface area contributed by atoms with E-state index in [9.17, 15) is 4.79 Å². The number of carbonyl (C=O) groups is 1. The van der Waals surface area contributed by atoms with Crippen molar-refractivity contribution in [3.05, 3.63) is 30.3 Å². The van der Waals surface area contributed by atoms with Gasteiger partial charge in [0.2, 0.25) is 5.91 Å². The quantitative estimate of drug-likeness (QED) is 0.699. The van der Waals surface area contributed by atoms with Crippen molar-refractivity contribution in [2.24, 2.45) is 0 Å². The SMILES string of the molecule is O=C(CCSc1ccccc1)N1CCCSCC1CN1CCCCC1. The minimum absolute atomic E-state index is 0.355. The molecule has 2 saturated heterocycles. The van der Waals surface area contributed by atoms with Gasteiger partial charge in [0, 0.05) is 35.9 Å². The van der Waals surface area contributed by atoms with E-state index in [0.29, 0.717) is 18.4 Å². The number of hydrogen-bond acceptors (Lipinski definition) is 4. The molecule has 2 aliphatic rings. The summed E-state index contributed by atoms with van der Waals surface area (Å²) in [5.41, 5.74) is 0. The lowest BCUT2D eigenvalue weighted by atomic mass is 10.1. The van der Waals surface area contributed by atoms with E-state index < -0.39 is 0 Å². The molecule has 25 heavy (non-hydrogen) atoms. The van der Waals surface area contributed by atoms with Gasteiger partial charge < -0.3 is 9.80 Å². The van der Waals surface area contributed by atoms with Crippen LogP contribution in [0, 0.1) is 0 Å². The van der Waals surface area contributed by atoms with Gasteiger partial charge >= 0.3 is 0 Å². The highest BCUT2D eigenvalue weighted by atomic mass is 32.2. The van der Waals surface area contributed by atoms with Crippen LogP contribution in [0.15, 0.2) is 35.2 Å². The smallest absolute Gasteiger partial charge is 0.223 e. The molecule has 5 heteroatoms. The Kier molecular flexibility index (Phi) is 8.02. The van der Waals surface area contributed by atoms with Crippen molar-refractivity contribution in [1.82, 2.24) is 9.80 Å². The standard InChI is InChI=1S/C20H30N2OS2/c23-20(10-15-25-19-8-3-1-4-9-19)22-13-7-14-24-17-18(22)16-21-11-5-2-6-12-21/h1,3-4,8-9,18H,2,5-7,10-17H2. The summed E-state index contributed by atoms with van der Waals surface area (Å²) in [5, 5.41) is 0. The second-order valence-electron chi connectivity index (χ2n) is 6.94. The zero-order valence-corrected chi connectivity index (χ0v) is 16.7. The molecule has 0 radical (unpaired) electrons. The van der Waals surface area contributed by atoms with Crippen LogP contribution in [0.1, 0.15) is 32.1 Å². The number of benzene rings is 1. The molecule has 0 saturated carbocycles. The molecular weight excluding hydrogens is 348 g/mol. The maximum atomic E-state index is 12.9. The van der Waals surface area contributed by atoms with Gasteiger partial charge in [-0.1, -0.05) is 24.6 Å². The Morgan fingerprint density at radius 1 is 1.08 bits per heavy atom. The number of thioether (sulfide) groups is 2. The molecular formula is C20H30N2OS2. The third kappa shape index (κ3) is 6.22. The number of likely N-dealkylation sites (tertiary alicyclic amines) is 1. The zero-order chi connectivity index (χ0) is 17.3. The monoisotopic (exact) mass is 378 g/mol. The predicted molar refractivity (Wildman–Crippen MR) is 110 cm³/mol. The van der Waals surface area contributed by atoms with Crippen molar-refractivity contribution < 1.29 is 4.79 Å². The summed E-state index contributed by atoms with van der Waals surface area (Å²) < 4.78 is 0. The molecule has 138 valence electrons. The lowest BCUT2D eigenvalue weighted by molar-refractivity contribution is -0.133. The highest BCUT2D eigenvalue weighted by Gasteiger charge is 2.27. The van der Waals surface area contributed by atoms with Gasteiger partial charge in [-0.2, -0.15) is 11.8 Å². The molecule has 0 aromatic heterocycles. The van der Waals surface area contributed by atoms with Crippen molar-refractivity contribution in [1.29, 1.82) is 0 Å².